The molecule has 0 aromatic carbocycles. The highest BCUT2D eigenvalue weighted by molar-refractivity contribution is 9.10. The van der Waals surface area contributed by atoms with Crippen molar-refractivity contribution in [3.63, 3.8) is 0 Å². The lowest BCUT2D eigenvalue weighted by molar-refractivity contribution is 0.311. The Labute approximate surface area is 134 Å². The van der Waals surface area contributed by atoms with Crippen molar-refractivity contribution >= 4 is 26.0 Å². The highest BCUT2D eigenvalue weighted by Gasteiger charge is 2.32. The van der Waals surface area contributed by atoms with Gasteiger partial charge in [-0.1, -0.05) is 18.6 Å². The van der Waals surface area contributed by atoms with Crippen LogP contribution in [0, 0.1) is 0 Å². The third-order valence-electron chi connectivity index (χ3n) is 3.63. The molecule has 1 N–H and O–H groups in total. The zero-order valence-corrected chi connectivity index (χ0v) is 14.8. The first-order chi connectivity index (χ1) is 9.96. The van der Waals surface area contributed by atoms with Gasteiger partial charge in [0.25, 0.3) is 10.0 Å². The van der Waals surface area contributed by atoms with Crippen molar-refractivity contribution in [1.29, 1.82) is 0 Å². The van der Waals surface area contributed by atoms with Crippen molar-refractivity contribution in [1.82, 2.24) is 24.6 Å². The van der Waals surface area contributed by atoms with E-state index < -0.39 is 10.0 Å². The summed E-state index contributed by atoms with van der Waals surface area (Å²) < 4.78 is 28.8. The van der Waals surface area contributed by atoms with Crippen molar-refractivity contribution in [3.8, 4) is 0 Å². The number of hydrogen-bond donors (Lipinski definition) is 1. The maximum Gasteiger partial charge on any atom is 0.263 e. The second-order valence-corrected chi connectivity index (χ2v) is 7.92. The molecule has 2 heterocycles. The van der Waals surface area contributed by atoms with Gasteiger partial charge in [-0.3, -0.25) is 0 Å². The Balaban J connectivity index is 2.23. The summed E-state index contributed by atoms with van der Waals surface area (Å²) >= 11 is 3.18. The van der Waals surface area contributed by atoms with Crippen molar-refractivity contribution in [2.75, 3.05) is 19.6 Å². The van der Waals surface area contributed by atoms with Gasteiger partial charge in [0.05, 0.1) is 0 Å². The van der Waals surface area contributed by atoms with Crippen LogP contribution in [0.25, 0.3) is 0 Å². The molecule has 7 nitrogen and oxygen atoms in total. The van der Waals surface area contributed by atoms with Crippen LogP contribution >= 0.6 is 15.9 Å². The Morgan fingerprint density at radius 1 is 1.48 bits per heavy atom. The molecule has 0 aliphatic carbocycles. The molecule has 1 unspecified atom stereocenters. The third-order valence-corrected chi connectivity index (χ3v) is 6.39. The first-order valence-electron chi connectivity index (χ1n) is 7.25. The average Bonchev–Trinajstić information content (AvgIpc) is 2.79. The van der Waals surface area contributed by atoms with E-state index in [0.29, 0.717) is 13.1 Å². The number of piperidine rings is 1. The van der Waals surface area contributed by atoms with Crippen molar-refractivity contribution in [3.05, 3.63) is 4.60 Å². The predicted molar refractivity (Wildman–Crippen MR) is 83.4 cm³/mol. The summed E-state index contributed by atoms with van der Waals surface area (Å²) in [6.45, 7) is 3.93. The summed E-state index contributed by atoms with van der Waals surface area (Å²) in [5, 5.41) is 11.1. The first kappa shape index (κ1) is 16.9. The number of rotatable bonds is 6. The largest absolute Gasteiger partial charge is 0.313 e. The molecule has 0 radical (unpaired) electrons. The Morgan fingerprint density at radius 3 is 2.76 bits per heavy atom. The summed E-state index contributed by atoms with van der Waals surface area (Å²) in [6, 6.07) is 0.222. The van der Waals surface area contributed by atoms with Crippen LogP contribution in [0.4, 0.5) is 0 Å². The molecule has 120 valence electrons. The average molecular weight is 380 g/mol. The molecular weight excluding hydrogens is 358 g/mol. The maximum atomic E-state index is 12.9. The number of nitrogens with one attached hydrogen (secondary N) is 1. The maximum absolute atomic E-state index is 12.9. The van der Waals surface area contributed by atoms with Gasteiger partial charge in [-0.05, 0) is 41.7 Å². The van der Waals surface area contributed by atoms with Crippen LogP contribution in [0.3, 0.4) is 0 Å². The lowest BCUT2D eigenvalue weighted by Gasteiger charge is -2.29. The molecule has 0 amide bonds. The number of hydrogen-bond acceptors (Lipinski definition) is 5. The van der Waals surface area contributed by atoms with Gasteiger partial charge in [-0.25, -0.2) is 13.1 Å². The van der Waals surface area contributed by atoms with Crippen LogP contribution in [0.5, 0.6) is 0 Å². The van der Waals surface area contributed by atoms with E-state index in [0.717, 1.165) is 32.2 Å². The number of nitrogens with zero attached hydrogens (tertiary/aromatic N) is 4. The molecular formula is C12H22BrN5O2S. The molecule has 1 aliphatic heterocycles. The van der Waals surface area contributed by atoms with E-state index in [2.05, 4.69) is 31.6 Å². The Kier molecular flexibility index (Phi) is 5.75. The van der Waals surface area contributed by atoms with Crippen molar-refractivity contribution < 1.29 is 8.42 Å². The summed E-state index contributed by atoms with van der Waals surface area (Å²) in [7, 11) is -2.01. The molecule has 2 rings (SSSR count). The van der Waals surface area contributed by atoms with E-state index in [1.165, 1.54) is 4.68 Å². The summed E-state index contributed by atoms with van der Waals surface area (Å²) in [4.78, 5) is 0. The van der Waals surface area contributed by atoms with Crippen LogP contribution in [-0.2, 0) is 17.1 Å². The quantitative estimate of drug-likeness (QED) is 0.800. The minimum absolute atomic E-state index is 0.117. The second kappa shape index (κ2) is 7.17. The zero-order chi connectivity index (χ0) is 15.5. The molecule has 1 atom stereocenters. The Hall–Kier alpha value is -0.510. The fourth-order valence-corrected chi connectivity index (χ4v) is 5.21. The minimum atomic E-state index is -3.60. The zero-order valence-electron chi connectivity index (χ0n) is 12.4. The lowest BCUT2D eigenvalue weighted by atomic mass is 10.1. The van der Waals surface area contributed by atoms with Crippen LogP contribution < -0.4 is 5.32 Å². The molecule has 0 saturated carbocycles. The second-order valence-electron chi connectivity index (χ2n) is 5.32. The molecule has 1 aliphatic rings. The van der Waals surface area contributed by atoms with E-state index in [4.69, 9.17) is 0 Å². The first-order valence-corrected chi connectivity index (χ1v) is 9.48. The van der Waals surface area contributed by atoms with Gasteiger partial charge in [0, 0.05) is 26.2 Å². The highest BCUT2D eigenvalue weighted by atomic mass is 79.9. The Morgan fingerprint density at radius 2 is 2.24 bits per heavy atom. The molecule has 21 heavy (non-hydrogen) atoms. The number of sulfonamides is 1. The standard InChI is InChI=1S/C12H22BrN5O2S/c1-3-8-18(9-10-6-4-5-7-14-10)21(19,20)12-11(13)15-16-17(12)2/h10,14H,3-9H2,1-2H3. The smallest absolute Gasteiger partial charge is 0.263 e. The van der Waals surface area contributed by atoms with E-state index >= 15 is 0 Å². The molecule has 9 heteroatoms. The van der Waals surface area contributed by atoms with Gasteiger partial charge in [0.15, 0.2) is 4.60 Å². The minimum Gasteiger partial charge on any atom is -0.313 e. The number of aromatic nitrogens is 3. The van der Waals surface area contributed by atoms with E-state index in [1.54, 1.807) is 11.4 Å². The fraction of sp³-hybridized carbons (Fsp3) is 0.833. The summed E-state index contributed by atoms with van der Waals surface area (Å²) in [5.74, 6) is 0. The van der Waals surface area contributed by atoms with E-state index in [9.17, 15) is 8.42 Å². The summed E-state index contributed by atoms with van der Waals surface area (Å²) in [6.07, 6.45) is 4.10. The molecule has 0 bridgehead atoms. The van der Waals surface area contributed by atoms with Gasteiger partial charge >= 0.3 is 0 Å². The van der Waals surface area contributed by atoms with Crippen LogP contribution in [0.15, 0.2) is 9.63 Å². The van der Waals surface area contributed by atoms with Crippen molar-refractivity contribution in [2.45, 2.75) is 43.7 Å². The number of halogens is 1. The third kappa shape index (κ3) is 3.82. The number of aryl methyl sites for hydroxylation is 1. The van der Waals surface area contributed by atoms with Gasteiger partial charge in [-0.15, -0.1) is 5.10 Å². The van der Waals surface area contributed by atoms with Gasteiger partial charge in [-0.2, -0.15) is 4.31 Å². The molecule has 1 saturated heterocycles. The normalized spacial score (nSPS) is 20.1. The predicted octanol–water partition coefficient (Wildman–Crippen LogP) is 1.12. The topological polar surface area (TPSA) is 80.1 Å². The monoisotopic (exact) mass is 379 g/mol. The molecule has 0 spiro atoms. The SMILES string of the molecule is CCCN(CC1CCCCN1)S(=O)(=O)c1c(Br)nnn1C. The highest BCUT2D eigenvalue weighted by Crippen LogP contribution is 2.23. The van der Waals surface area contributed by atoms with Gasteiger partial charge < -0.3 is 5.32 Å². The fourth-order valence-electron chi connectivity index (χ4n) is 2.60. The molecule has 1 aromatic rings. The lowest BCUT2D eigenvalue weighted by Crippen LogP contribution is -2.46. The van der Waals surface area contributed by atoms with Crippen LogP contribution in [0.1, 0.15) is 32.6 Å². The van der Waals surface area contributed by atoms with Crippen LogP contribution in [0.2, 0.25) is 0 Å². The van der Waals surface area contributed by atoms with E-state index in [-0.39, 0.29) is 15.7 Å². The van der Waals surface area contributed by atoms with E-state index in [1.807, 2.05) is 6.92 Å². The molecule has 1 aromatic heterocycles. The summed E-state index contributed by atoms with van der Waals surface area (Å²) in [5.41, 5.74) is 0. The Bertz CT molecular complexity index is 549. The van der Waals surface area contributed by atoms with Crippen LogP contribution in [-0.4, -0.2) is 53.4 Å². The van der Waals surface area contributed by atoms with Gasteiger partial charge in [0.1, 0.15) is 0 Å². The van der Waals surface area contributed by atoms with Crippen molar-refractivity contribution in [2.24, 2.45) is 7.05 Å². The molecule has 1 fully saturated rings. The van der Waals surface area contributed by atoms with Gasteiger partial charge in [0.2, 0.25) is 5.03 Å².